The predicted molar refractivity (Wildman–Crippen MR) is 128 cm³/mol. The molecule has 3 aromatic rings. The van der Waals surface area contributed by atoms with Crippen LogP contribution in [0.4, 0.5) is 0 Å². The molecule has 4 rings (SSSR count). The highest BCUT2D eigenvalue weighted by Gasteiger charge is 2.27. The smallest absolute Gasteiger partial charge is 0.258 e. The second kappa shape index (κ2) is 11.0. The van der Waals surface area contributed by atoms with Crippen LogP contribution < -0.4 is 10.1 Å². The van der Waals surface area contributed by atoms with Crippen molar-refractivity contribution in [1.82, 2.24) is 15.5 Å². The Morgan fingerprint density at radius 1 is 1.23 bits per heavy atom. The standard InChI is InChI=1S/C26H30N4O5/c1-15(2)34-24-9-6-16(10-17(24)12-27)26-29-25(30-35-26)22-5-3-4-21-20(22)7-8-23(21)28-13-18(32)11-19(33)14-31/h3-6,9-10,15,18-19,23,28,31-33H,7-8,11,13-14H2,1-2H3/t18-,19+,23+/m1/s1. The Morgan fingerprint density at radius 3 is 2.80 bits per heavy atom. The first-order chi connectivity index (χ1) is 16.9. The van der Waals surface area contributed by atoms with E-state index in [0.717, 1.165) is 29.5 Å². The van der Waals surface area contributed by atoms with Crippen LogP contribution in [-0.4, -0.2) is 56.9 Å². The van der Waals surface area contributed by atoms with E-state index in [1.165, 1.54) is 0 Å². The Bertz CT molecular complexity index is 1200. The average Bonchev–Trinajstić information content (AvgIpc) is 3.50. The average molecular weight is 479 g/mol. The first-order valence-corrected chi connectivity index (χ1v) is 11.8. The number of nitrogens with one attached hydrogen (secondary N) is 1. The van der Waals surface area contributed by atoms with Gasteiger partial charge in [0.05, 0.1) is 30.5 Å². The number of aliphatic hydroxyl groups excluding tert-OH is 3. The van der Waals surface area contributed by atoms with Gasteiger partial charge in [0.1, 0.15) is 11.8 Å². The van der Waals surface area contributed by atoms with Gasteiger partial charge in [-0.3, -0.25) is 0 Å². The molecular weight excluding hydrogens is 448 g/mol. The molecule has 0 bridgehead atoms. The van der Waals surface area contributed by atoms with Crippen molar-refractivity contribution < 1.29 is 24.6 Å². The number of nitriles is 1. The maximum absolute atomic E-state index is 10.1. The maximum Gasteiger partial charge on any atom is 0.258 e. The first-order valence-electron chi connectivity index (χ1n) is 11.8. The molecule has 0 radical (unpaired) electrons. The summed E-state index contributed by atoms with van der Waals surface area (Å²) in [5.41, 5.74) is 4.17. The minimum atomic E-state index is -0.926. The third-order valence-electron chi connectivity index (χ3n) is 6.00. The van der Waals surface area contributed by atoms with Crippen LogP contribution in [-0.2, 0) is 6.42 Å². The summed E-state index contributed by atoms with van der Waals surface area (Å²) < 4.78 is 11.2. The fourth-order valence-electron chi connectivity index (χ4n) is 4.38. The van der Waals surface area contributed by atoms with E-state index in [0.29, 0.717) is 35.1 Å². The number of fused-ring (bicyclic) bond motifs is 1. The van der Waals surface area contributed by atoms with Crippen molar-refractivity contribution in [1.29, 1.82) is 5.26 Å². The Kier molecular flexibility index (Phi) is 7.78. The predicted octanol–water partition coefficient (Wildman–Crippen LogP) is 2.74. The molecule has 0 fully saturated rings. The lowest BCUT2D eigenvalue weighted by atomic mass is 10.0. The summed E-state index contributed by atoms with van der Waals surface area (Å²) in [5.74, 6) is 1.31. The second-order valence-corrected chi connectivity index (χ2v) is 9.01. The van der Waals surface area contributed by atoms with Crippen LogP contribution in [0.2, 0.25) is 0 Å². The molecule has 0 unspecified atom stereocenters. The van der Waals surface area contributed by atoms with E-state index in [2.05, 4.69) is 21.5 Å². The molecule has 0 aliphatic heterocycles. The summed E-state index contributed by atoms with van der Waals surface area (Å²) in [5, 5.41) is 45.6. The highest BCUT2D eigenvalue weighted by atomic mass is 16.5. The summed E-state index contributed by atoms with van der Waals surface area (Å²) in [6.45, 7) is 3.76. The fraction of sp³-hybridized carbons (Fsp3) is 0.423. The maximum atomic E-state index is 10.1. The molecule has 1 aliphatic rings. The third-order valence-corrected chi connectivity index (χ3v) is 6.00. The van der Waals surface area contributed by atoms with E-state index < -0.39 is 12.2 Å². The summed E-state index contributed by atoms with van der Waals surface area (Å²) in [7, 11) is 0. The van der Waals surface area contributed by atoms with E-state index in [-0.39, 0.29) is 25.2 Å². The molecule has 2 aromatic carbocycles. The van der Waals surface area contributed by atoms with E-state index in [1.54, 1.807) is 18.2 Å². The topological polar surface area (TPSA) is 145 Å². The quantitative estimate of drug-likeness (QED) is 0.346. The minimum Gasteiger partial charge on any atom is -0.490 e. The molecule has 9 nitrogen and oxygen atoms in total. The van der Waals surface area contributed by atoms with Crippen LogP contribution in [0.5, 0.6) is 5.75 Å². The lowest BCUT2D eigenvalue weighted by Crippen LogP contribution is -2.32. The van der Waals surface area contributed by atoms with Crippen LogP contribution in [0.15, 0.2) is 40.9 Å². The number of hydrogen-bond donors (Lipinski definition) is 4. The molecule has 4 N–H and O–H groups in total. The number of nitrogens with zero attached hydrogens (tertiary/aromatic N) is 3. The highest BCUT2D eigenvalue weighted by molar-refractivity contribution is 5.67. The van der Waals surface area contributed by atoms with Crippen molar-refractivity contribution in [3.8, 4) is 34.7 Å². The van der Waals surface area contributed by atoms with Crippen LogP contribution in [0, 0.1) is 11.3 Å². The molecule has 0 saturated carbocycles. The van der Waals surface area contributed by atoms with Crippen molar-refractivity contribution in [3.63, 3.8) is 0 Å². The van der Waals surface area contributed by atoms with Gasteiger partial charge in [0.15, 0.2) is 0 Å². The van der Waals surface area contributed by atoms with Gasteiger partial charge in [0.25, 0.3) is 5.89 Å². The van der Waals surface area contributed by atoms with Crippen molar-refractivity contribution in [2.24, 2.45) is 0 Å². The SMILES string of the molecule is CC(C)Oc1ccc(-c2nc(-c3cccc4c3CC[C@@H]4NC[C@H](O)C[C@H](O)CO)no2)cc1C#N. The number of ether oxygens (including phenoxy) is 1. The van der Waals surface area contributed by atoms with Crippen LogP contribution in [0.25, 0.3) is 22.8 Å². The van der Waals surface area contributed by atoms with E-state index in [4.69, 9.17) is 14.4 Å². The van der Waals surface area contributed by atoms with E-state index in [9.17, 15) is 15.5 Å². The third kappa shape index (κ3) is 5.69. The minimum absolute atomic E-state index is 0.0446. The normalized spacial score (nSPS) is 16.7. The number of aromatic nitrogens is 2. The van der Waals surface area contributed by atoms with Crippen molar-refractivity contribution in [2.75, 3.05) is 13.2 Å². The zero-order valence-electron chi connectivity index (χ0n) is 19.8. The van der Waals surface area contributed by atoms with Gasteiger partial charge < -0.3 is 29.9 Å². The molecule has 3 atom stereocenters. The molecule has 184 valence electrons. The number of aliphatic hydroxyl groups is 3. The molecular formula is C26H30N4O5. The van der Waals surface area contributed by atoms with Crippen LogP contribution in [0.1, 0.15) is 49.4 Å². The van der Waals surface area contributed by atoms with Gasteiger partial charge in [-0.05, 0) is 56.0 Å². The number of rotatable bonds is 10. The molecule has 1 heterocycles. The van der Waals surface area contributed by atoms with E-state index in [1.807, 2.05) is 32.0 Å². The molecule has 1 aliphatic carbocycles. The van der Waals surface area contributed by atoms with Gasteiger partial charge in [-0.1, -0.05) is 23.4 Å². The summed E-state index contributed by atoms with van der Waals surface area (Å²) in [6.07, 6.45) is 0.0750. The Hall–Kier alpha value is -3.29. The zero-order chi connectivity index (χ0) is 24.9. The van der Waals surface area contributed by atoms with Gasteiger partial charge in [-0.2, -0.15) is 10.2 Å². The van der Waals surface area contributed by atoms with Crippen molar-refractivity contribution >= 4 is 0 Å². The highest BCUT2D eigenvalue weighted by Crippen LogP contribution is 2.37. The van der Waals surface area contributed by atoms with Gasteiger partial charge in [0, 0.05) is 30.1 Å². The van der Waals surface area contributed by atoms with Gasteiger partial charge >= 0.3 is 0 Å². The van der Waals surface area contributed by atoms with Gasteiger partial charge in [-0.25, -0.2) is 0 Å². The van der Waals surface area contributed by atoms with Crippen molar-refractivity contribution in [3.05, 3.63) is 53.1 Å². The summed E-state index contributed by atoms with van der Waals surface area (Å²) in [4.78, 5) is 4.60. The van der Waals surface area contributed by atoms with E-state index >= 15 is 0 Å². The van der Waals surface area contributed by atoms with Gasteiger partial charge in [0.2, 0.25) is 5.82 Å². The zero-order valence-corrected chi connectivity index (χ0v) is 19.8. The Labute approximate surface area is 204 Å². The molecule has 0 saturated heterocycles. The summed E-state index contributed by atoms with van der Waals surface area (Å²) >= 11 is 0. The molecule has 0 amide bonds. The Morgan fingerprint density at radius 2 is 2.06 bits per heavy atom. The molecule has 0 spiro atoms. The summed E-state index contributed by atoms with van der Waals surface area (Å²) in [6, 6.07) is 13.4. The second-order valence-electron chi connectivity index (χ2n) is 9.01. The lowest BCUT2D eigenvalue weighted by Gasteiger charge is -2.19. The molecule has 35 heavy (non-hydrogen) atoms. The van der Waals surface area contributed by atoms with Crippen LogP contribution >= 0.6 is 0 Å². The Balaban J connectivity index is 1.52. The lowest BCUT2D eigenvalue weighted by molar-refractivity contribution is 0.0409. The van der Waals surface area contributed by atoms with Gasteiger partial charge in [-0.15, -0.1) is 0 Å². The van der Waals surface area contributed by atoms with Crippen LogP contribution in [0.3, 0.4) is 0 Å². The molecule has 1 aromatic heterocycles. The monoisotopic (exact) mass is 478 g/mol. The number of hydrogen-bond acceptors (Lipinski definition) is 9. The molecule has 9 heteroatoms. The largest absolute Gasteiger partial charge is 0.490 e. The first kappa shape index (κ1) is 24.8. The van der Waals surface area contributed by atoms with Crippen molar-refractivity contribution in [2.45, 2.75) is 57.5 Å². The number of benzene rings is 2. The fourth-order valence-corrected chi connectivity index (χ4v) is 4.38.